The lowest BCUT2D eigenvalue weighted by Crippen LogP contribution is -2.43. The molecular formula is C15H23NO. The summed E-state index contributed by atoms with van der Waals surface area (Å²) in [5.41, 5.74) is 8.71. The van der Waals surface area contributed by atoms with Crippen LogP contribution in [0.3, 0.4) is 0 Å². The van der Waals surface area contributed by atoms with E-state index in [9.17, 15) is 0 Å². The fourth-order valence-electron chi connectivity index (χ4n) is 2.45. The molecule has 0 radical (unpaired) electrons. The molecule has 0 bridgehead atoms. The molecule has 94 valence electrons. The number of aryl methyl sites for hydroxylation is 2. The van der Waals surface area contributed by atoms with E-state index < -0.39 is 0 Å². The van der Waals surface area contributed by atoms with Crippen LogP contribution in [0.1, 0.15) is 37.3 Å². The van der Waals surface area contributed by atoms with Crippen molar-refractivity contribution in [2.75, 3.05) is 0 Å². The van der Waals surface area contributed by atoms with Crippen LogP contribution in [-0.4, -0.2) is 12.1 Å². The molecule has 1 aromatic rings. The summed E-state index contributed by atoms with van der Waals surface area (Å²) in [6.07, 6.45) is 3.57. The molecule has 3 atom stereocenters. The molecule has 2 rings (SSSR count). The van der Waals surface area contributed by atoms with Crippen LogP contribution < -0.4 is 10.5 Å². The van der Waals surface area contributed by atoms with Crippen LogP contribution in [0.15, 0.2) is 18.2 Å². The van der Waals surface area contributed by atoms with Gasteiger partial charge in [0.2, 0.25) is 0 Å². The monoisotopic (exact) mass is 233 g/mol. The van der Waals surface area contributed by atoms with Gasteiger partial charge in [-0.15, -0.1) is 0 Å². The number of hydrogen-bond acceptors (Lipinski definition) is 2. The molecule has 2 nitrogen and oxygen atoms in total. The van der Waals surface area contributed by atoms with Gasteiger partial charge >= 0.3 is 0 Å². The third-order valence-corrected chi connectivity index (χ3v) is 3.87. The van der Waals surface area contributed by atoms with Crippen LogP contribution in [0.4, 0.5) is 0 Å². The maximum Gasteiger partial charge on any atom is 0.120 e. The predicted octanol–water partition coefficient (Wildman–Crippen LogP) is 3.20. The van der Waals surface area contributed by atoms with Crippen molar-refractivity contribution in [3.8, 4) is 5.75 Å². The molecule has 1 fully saturated rings. The maximum absolute atomic E-state index is 6.13. The van der Waals surface area contributed by atoms with Crippen LogP contribution in [-0.2, 0) is 0 Å². The summed E-state index contributed by atoms with van der Waals surface area (Å²) in [7, 11) is 0. The van der Waals surface area contributed by atoms with E-state index in [4.69, 9.17) is 10.5 Å². The number of rotatable bonds is 2. The molecule has 1 saturated carbocycles. The number of hydrogen-bond donors (Lipinski definition) is 1. The Morgan fingerprint density at radius 2 is 1.94 bits per heavy atom. The highest BCUT2D eigenvalue weighted by Crippen LogP contribution is 2.27. The van der Waals surface area contributed by atoms with Crippen molar-refractivity contribution in [1.82, 2.24) is 0 Å². The molecule has 0 heterocycles. The predicted molar refractivity (Wildman–Crippen MR) is 71.3 cm³/mol. The van der Waals surface area contributed by atoms with E-state index in [0.717, 1.165) is 24.5 Å². The van der Waals surface area contributed by atoms with Gasteiger partial charge in [0.1, 0.15) is 11.9 Å². The second kappa shape index (κ2) is 5.09. The van der Waals surface area contributed by atoms with Crippen molar-refractivity contribution in [2.24, 2.45) is 11.7 Å². The second-order valence-electron chi connectivity index (χ2n) is 5.48. The Kier molecular flexibility index (Phi) is 3.72. The number of ether oxygens (including phenoxy) is 1. The van der Waals surface area contributed by atoms with Crippen molar-refractivity contribution in [3.63, 3.8) is 0 Å². The Morgan fingerprint density at radius 3 is 2.65 bits per heavy atom. The van der Waals surface area contributed by atoms with Gasteiger partial charge in [-0.25, -0.2) is 0 Å². The molecule has 0 aliphatic heterocycles. The van der Waals surface area contributed by atoms with Gasteiger partial charge in [-0.05, 0) is 62.3 Å². The Hall–Kier alpha value is -1.02. The molecule has 0 spiro atoms. The average molecular weight is 233 g/mol. The molecule has 1 aliphatic carbocycles. The van der Waals surface area contributed by atoms with Gasteiger partial charge in [-0.2, -0.15) is 0 Å². The first kappa shape index (κ1) is 12.4. The van der Waals surface area contributed by atoms with E-state index in [1.165, 1.54) is 17.5 Å². The minimum Gasteiger partial charge on any atom is -0.489 e. The zero-order valence-corrected chi connectivity index (χ0v) is 11.1. The molecule has 0 amide bonds. The van der Waals surface area contributed by atoms with Crippen LogP contribution in [0.2, 0.25) is 0 Å². The first-order valence-electron chi connectivity index (χ1n) is 6.55. The van der Waals surface area contributed by atoms with Gasteiger partial charge in [0.25, 0.3) is 0 Å². The molecule has 2 N–H and O–H groups in total. The Morgan fingerprint density at radius 1 is 1.18 bits per heavy atom. The van der Waals surface area contributed by atoms with Crippen LogP contribution in [0.5, 0.6) is 5.75 Å². The van der Waals surface area contributed by atoms with Gasteiger partial charge in [0.05, 0.1) is 0 Å². The van der Waals surface area contributed by atoms with E-state index in [-0.39, 0.29) is 12.1 Å². The fourth-order valence-corrected chi connectivity index (χ4v) is 2.45. The quantitative estimate of drug-likeness (QED) is 0.851. The SMILES string of the molecule is Cc1ccc(OC2CC(C)CCC2N)cc1C. The molecule has 1 aliphatic rings. The summed E-state index contributed by atoms with van der Waals surface area (Å²) in [5.74, 6) is 1.69. The van der Waals surface area contributed by atoms with E-state index in [1.807, 2.05) is 6.07 Å². The van der Waals surface area contributed by atoms with Crippen molar-refractivity contribution in [3.05, 3.63) is 29.3 Å². The van der Waals surface area contributed by atoms with Crippen LogP contribution in [0.25, 0.3) is 0 Å². The summed E-state index contributed by atoms with van der Waals surface area (Å²) in [5, 5.41) is 0. The van der Waals surface area contributed by atoms with Crippen molar-refractivity contribution < 1.29 is 4.74 Å². The van der Waals surface area contributed by atoms with Gasteiger partial charge in [-0.1, -0.05) is 13.0 Å². The normalized spacial score (nSPS) is 29.1. The molecule has 0 aromatic heterocycles. The first-order chi connectivity index (χ1) is 8.06. The van der Waals surface area contributed by atoms with Crippen LogP contribution in [0, 0.1) is 19.8 Å². The highest BCUT2D eigenvalue weighted by atomic mass is 16.5. The van der Waals surface area contributed by atoms with E-state index in [2.05, 4.69) is 32.9 Å². The number of nitrogens with two attached hydrogens (primary N) is 1. The topological polar surface area (TPSA) is 35.2 Å². The zero-order valence-electron chi connectivity index (χ0n) is 11.1. The van der Waals surface area contributed by atoms with E-state index in [1.54, 1.807) is 0 Å². The molecule has 3 unspecified atom stereocenters. The van der Waals surface area contributed by atoms with Crippen molar-refractivity contribution in [2.45, 2.75) is 52.2 Å². The maximum atomic E-state index is 6.13. The fraction of sp³-hybridized carbons (Fsp3) is 0.600. The van der Waals surface area contributed by atoms with Crippen LogP contribution >= 0.6 is 0 Å². The standard InChI is InChI=1S/C15H23NO/c1-10-4-7-14(16)15(8-10)17-13-6-5-11(2)12(3)9-13/h5-6,9-10,14-15H,4,7-8,16H2,1-3H3. The minimum absolute atomic E-state index is 0.181. The summed E-state index contributed by atoms with van der Waals surface area (Å²) in [6.45, 7) is 6.52. The lowest BCUT2D eigenvalue weighted by atomic mass is 9.85. The second-order valence-corrected chi connectivity index (χ2v) is 5.48. The number of benzene rings is 1. The smallest absolute Gasteiger partial charge is 0.120 e. The molecular weight excluding hydrogens is 210 g/mol. The lowest BCUT2D eigenvalue weighted by molar-refractivity contribution is 0.108. The summed E-state index contributed by atoms with van der Waals surface area (Å²) >= 11 is 0. The van der Waals surface area contributed by atoms with E-state index >= 15 is 0 Å². The zero-order chi connectivity index (χ0) is 12.4. The summed E-state index contributed by atoms with van der Waals surface area (Å²) in [6, 6.07) is 6.46. The summed E-state index contributed by atoms with van der Waals surface area (Å²) < 4.78 is 6.05. The van der Waals surface area contributed by atoms with Crippen molar-refractivity contribution in [1.29, 1.82) is 0 Å². The third kappa shape index (κ3) is 3.01. The summed E-state index contributed by atoms with van der Waals surface area (Å²) in [4.78, 5) is 0. The minimum atomic E-state index is 0.181. The Bertz CT molecular complexity index is 389. The lowest BCUT2D eigenvalue weighted by Gasteiger charge is -2.32. The first-order valence-corrected chi connectivity index (χ1v) is 6.55. The van der Waals surface area contributed by atoms with Crippen molar-refractivity contribution >= 4 is 0 Å². The Labute approximate surface area is 104 Å². The largest absolute Gasteiger partial charge is 0.489 e. The highest BCUT2D eigenvalue weighted by Gasteiger charge is 2.27. The van der Waals surface area contributed by atoms with Gasteiger partial charge < -0.3 is 10.5 Å². The Balaban J connectivity index is 2.06. The van der Waals surface area contributed by atoms with Gasteiger partial charge in [-0.3, -0.25) is 0 Å². The molecule has 1 aromatic carbocycles. The third-order valence-electron chi connectivity index (χ3n) is 3.87. The average Bonchev–Trinajstić information content (AvgIpc) is 2.29. The highest BCUT2D eigenvalue weighted by molar-refractivity contribution is 5.34. The van der Waals surface area contributed by atoms with E-state index in [0.29, 0.717) is 0 Å². The van der Waals surface area contributed by atoms with Gasteiger partial charge in [0, 0.05) is 6.04 Å². The molecule has 2 heteroatoms. The molecule has 0 saturated heterocycles. The van der Waals surface area contributed by atoms with Gasteiger partial charge in [0.15, 0.2) is 0 Å². The molecule has 17 heavy (non-hydrogen) atoms.